The molecular weight excluding hydrogens is 428 g/mol. The van der Waals surface area contributed by atoms with E-state index in [0.717, 1.165) is 24.1 Å². The largest absolute Gasteiger partial charge is 0.444 e. The fraction of sp³-hybridized carbons (Fsp3) is 0.296. The number of amides is 2. The van der Waals surface area contributed by atoms with Crippen molar-refractivity contribution in [3.8, 4) is 0 Å². The molecule has 0 saturated carbocycles. The number of aromatic nitrogens is 1. The summed E-state index contributed by atoms with van der Waals surface area (Å²) in [5, 5.41) is 9.07. The van der Waals surface area contributed by atoms with Gasteiger partial charge in [0.1, 0.15) is 17.1 Å². The van der Waals surface area contributed by atoms with E-state index in [1.54, 1.807) is 32.9 Å². The van der Waals surface area contributed by atoms with Gasteiger partial charge in [-0.3, -0.25) is 10.1 Å². The second-order valence-corrected chi connectivity index (χ2v) is 9.54. The minimum Gasteiger partial charge on any atom is -0.444 e. The van der Waals surface area contributed by atoms with E-state index in [-0.39, 0.29) is 17.6 Å². The maximum Gasteiger partial charge on any atom is 0.412 e. The molecule has 3 N–H and O–H groups in total. The zero-order valence-corrected chi connectivity index (χ0v) is 19.9. The number of hydrogen-bond acceptors (Lipinski definition) is 5. The summed E-state index contributed by atoms with van der Waals surface area (Å²) in [5.41, 5.74) is 4.38. The summed E-state index contributed by atoms with van der Waals surface area (Å²) in [6, 6.07) is 19.2. The van der Waals surface area contributed by atoms with Crippen molar-refractivity contribution in [1.29, 1.82) is 0 Å². The molecule has 2 amide bonds. The lowest BCUT2D eigenvalue weighted by Gasteiger charge is -2.20. The van der Waals surface area contributed by atoms with Gasteiger partial charge in [-0.2, -0.15) is 0 Å². The molecule has 1 heterocycles. The van der Waals surface area contributed by atoms with Gasteiger partial charge in [0.2, 0.25) is 0 Å². The summed E-state index contributed by atoms with van der Waals surface area (Å²) in [4.78, 5) is 30.0. The Hall–Kier alpha value is -3.87. The Kier molecular flexibility index (Phi) is 6.54. The Labute approximate surface area is 199 Å². The molecule has 7 nitrogen and oxygen atoms in total. The molecular formula is C27H30N4O3. The monoisotopic (exact) mass is 458 g/mol. The highest BCUT2D eigenvalue weighted by molar-refractivity contribution is 5.95. The van der Waals surface area contributed by atoms with Gasteiger partial charge in [0, 0.05) is 17.8 Å². The number of ether oxygens (including phenoxy) is 1. The molecule has 0 spiro atoms. The molecule has 2 aromatic carbocycles. The molecule has 0 radical (unpaired) electrons. The Bertz CT molecular complexity index is 1190. The zero-order chi connectivity index (χ0) is 24.3. The van der Waals surface area contributed by atoms with Crippen molar-refractivity contribution < 1.29 is 14.3 Å². The molecule has 3 aromatic rings. The van der Waals surface area contributed by atoms with Gasteiger partial charge < -0.3 is 15.4 Å². The third-order valence-electron chi connectivity index (χ3n) is 5.50. The average Bonchev–Trinajstić information content (AvgIpc) is 3.16. The minimum absolute atomic E-state index is 0.00180. The number of aryl methyl sites for hydroxylation is 1. The molecule has 1 aliphatic rings. The Morgan fingerprint density at radius 1 is 0.971 bits per heavy atom. The molecule has 0 bridgehead atoms. The van der Waals surface area contributed by atoms with E-state index in [2.05, 4.69) is 33.1 Å². The summed E-state index contributed by atoms with van der Waals surface area (Å²) in [5.74, 6) is 0.154. The molecule has 34 heavy (non-hydrogen) atoms. The highest BCUT2D eigenvalue weighted by Crippen LogP contribution is 2.24. The van der Waals surface area contributed by atoms with E-state index in [9.17, 15) is 9.59 Å². The Morgan fingerprint density at radius 2 is 1.62 bits per heavy atom. The Balaban J connectivity index is 1.56. The molecule has 176 valence electrons. The van der Waals surface area contributed by atoms with E-state index in [1.165, 1.54) is 11.1 Å². The van der Waals surface area contributed by atoms with Crippen LogP contribution in [0.3, 0.4) is 0 Å². The van der Waals surface area contributed by atoms with Gasteiger partial charge >= 0.3 is 6.09 Å². The first-order valence-corrected chi connectivity index (χ1v) is 11.4. The number of anilines is 3. The molecule has 0 fully saturated rings. The van der Waals surface area contributed by atoms with Gasteiger partial charge in [-0.25, -0.2) is 9.78 Å². The topological polar surface area (TPSA) is 92.4 Å². The van der Waals surface area contributed by atoms with Crippen LogP contribution in [-0.2, 0) is 17.6 Å². The van der Waals surface area contributed by atoms with Gasteiger partial charge in [0.05, 0.1) is 5.69 Å². The van der Waals surface area contributed by atoms with Crippen LogP contribution in [0.15, 0.2) is 60.7 Å². The zero-order valence-electron chi connectivity index (χ0n) is 19.9. The number of carbonyl (C=O) groups is 2. The van der Waals surface area contributed by atoms with Crippen LogP contribution in [-0.4, -0.2) is 28.6 Å². The van der Waals surface area contributed by atoms with Gasteiger partial charge in [-0.15, -0.1) is 0 Å². The lowest BCUT2D eigenvalue weighted by molar-refractivity contribution is 0.0635. The van der Waals surface area contributed by atoms with Crippen LogP contribution in [0.25, 0.3) is 0 Å². The lowest BCUT2D eigenvalue weighted by Crippen LogP contribution is -2.36. The molecule has 0 aliphatic heterocycles. The molecule has 4 rings (SSSR count). The van der Waals surface area contributed by atoms with Gasteiger partial charge in [-0.05, 0) is 69.4 Å². The first kappa shape index (κ1) is 23.3. The molecule has 0 saturated heterocycles. The molecule has 0 atom stereocenters. The van der Waals surface area contributed by atoms with Crippen molar-refractivity contribution in [3.63, 3.8) is 0 Å². The average molecular weight is 459 g/mol. The van der Waals surface area contributed by atoms with E-state index >= 15 is 0 Å². The SMILES string of the molecule is Cc1ccccc1Nc1cc(NC(=O)OC(C)(C)C)cc(C(=O)NC2Cc3ccccc3C2)n1. The number of benzene rings is 2. The summed E-state index contributed by atoms with van der Waals surface area (Å²) in [7, 11) is 0. The van der Waals surface area contributed by atoms with Crippen molar-refractivity contribution >= 4 is 29.2 Å². The molecule has 7 heteroatoms. The summed E-state index contributed by atoms with van der Waals surface area (Å²) < 4.78 is 5.37. The number of hydrogen-bond donors (Lipinski definition) is 3. The maximum absolute atomic E-state index is 13.1. The van der Waals surface area contributed by atoms with Crippen molar-refractivity contribution in [2.24, 2.45) is 0 Å². The highest BCUT2D eigenvalue weighted by atomic mass is 16.6. The van der Waals surface area contributed by atoms with Crippen LogP contribution in [0.5, 0.6) is 0 Å². The number of pyridine rings is 1. The van der Waals surface area contributed by atoms with Gasteiger partial charge in [-0.1, -0.05) is 42.5 Å². The van der Waals surface area contributed by atoms with E-state index in [4.69, 9.17) is 4.74 Å². The second-order valence-electron chi connectivity index (χ2n) is 9.54. The van der Waals surface area contributed by atoms with E-state index < -0.39 is 11.7 Å². The first-order chi connectivity index (χ1) is 16.2. The Morgan fingerprint density at radius 3 is 2.26 bits per heavy atom. The number of fused-ring (bicyclic) bond motifs is 1. The quantitative estimate of drug-likeness (QED) is 0.478. The summed E-state index contributed by atoms with van der Waals surface area (Å²) in [6.45, 7) is 7.37. The molecule has 1 aliphatic carbocycles. The predicted molar refractivity (Wildman–Crippen MR) is 134 cm³/mol. The standard InChI is InChI=1S/C27H30N4O3/c1-17-9-5-8-12-22(17)30-24-16-21(29-26(33)34-27(2,3)4)15-23(31-24)25(32)28-20-13-18-10-6-7-11-19(18)14-20/h5-12,15-16,20H,13-14H2,1-4H3,(H,28,32)(H2,29,30,31,33). The third kappa shape index (κ3) is 5.92. The van der Waals surface area contributed by atoms with Gasteiger partial charge in [0.25, 0.3) is 5.91 Å². The summed E-state index contributed by atoms with van der Waals surface area (Å²) >= 11 is 0. The fourth-order valence-corrected chi connectivity index (χ4v) is 3.98. The number of para-hydroxylation sites is 1. The number of rotatable bonds is 5. The van der Waals surface area contributed by atoms with E-state index in [1.807, 2.05) is 43.3 Å². The second kappa shape index (κ2) is 9.55. The third-order valence-corrected chi connectivity index (χ3v) is 5.50. The van der Waals surface area contributed by atoms with Crippen molar-refractivity contribution in [1.82, 2.24) is 10.3 Å². The normalized spacial score (nSPS) is 13.2. The van der Waals surface area contributed by atoms with Crippen LogP contribution >= 0.6 is 0 Å². The number of nitrogens with one attached hydrogen (secondary N) is 3. The van der Waals surface area contributed by atoms with Crippen molar-refractivity contribution in [2.75, 3.05) is 10.6 Å². The molecule has 1 aromatic heterocycles. The lowest BCUT2D eigenvalue weighted by atomic mass is 10.1. The minimum atomic E-state index is -0.642. The first-order valence-electron chi connectivity index (χ1n) is 11.4. The molecule has 0 unspecified atom stereocenters. The number of nitrogens with zero attached hydrogens (tertiary/aromatic N) is 1. The van der Waals surface area contributed by atoms with Crippen LogP contribution < -0.4 is 16.0 Å². The summed E-state index contributed by atoms with van der Waals surface area (Å²) in [6.07, 6.45) is 0.969. The fourth-order valence-electron chi connectivity index (χ4n) is 3.98. The van der Waals surface area contributed by atoms with Gasteiger partial charge in [0.15, 0.2) is 0 Å². The predicted octanol–water partition coefficient (Wildman–Crippen LogP) is 5.38. The van der Waals surface area contributed by atoms with Crippen LogP contribution in [0.4, 0.5) is 22.0 Å². The van der Waals surface area contributed by atoms with Crippen LogP contribution in [0.1, 0.15) is 48.0 Å². The highest BCUT2D eigenvalue weighted by Gasteiger charge is 2.24. The maximum atomic E-state index is 13.1. The van der Waals surface area contributed by atoms with Crippen molar-refractivity contribution in [2.45, 2.75) is 52.2 Å². The van der Waals surface area contributed by atoms with Crippen molar-refractivity contribution in [3.05, 3.63) is 83.0 Å². The van der Waals surface area contributed by atoms with E-state index in [0.29, 0.717) is 11.5 Å². The number of carbonyl (C=O) groups excluding carboxylic acids is 2. The van der Waals surface area contributed by atoms with Crippen LogP contribution in [0, 0.1) is 6.92 Å². The van der Waals surface area contributed by atoms with Crippen LogP contribution in [0.2, 0.25) is 0 Å². The smallest absolute Gasteiger partial charge is 0.412 e.